The molecule has 0 aliphatic heterocycles. The van der Waals surface area contributed by atoms with Crippen molar-refractivity contribution in [2.75, 3.05) is 26.1 Å². The minimum absolute atomic E-state index is 0.0450. The molecule has 0 saturated carbocycles. The van der Waals surface area contributed by atoms with Crippen molar-refractivity contribution in [1.29, 1.82) is 5.26 Å². The summed E-state index contributed by atoms with van der Waals surface area (Å²) < 4.78 is 16.1. The highest BCUT2D eigenvalue weighted by Gasteiger charge is 2.19. The van der Waals surface area contributed by atoms with Gasteiger partial charge < -0.3 is 19.5 Å². The second-order valence-corrected chi connectivity index (χ2v) is 7.08. The second-order valence-electron chi connectivity index (χ2n) is 7.08. The third-order valence-electron chi connectivity index (χ3n) is 4.77. The van der Waals surface area contributed by atoms with Crippen molar-refractivity contribution in [1.82, 2.24) is 0 Å². The minimum Gasteiger partial charge on any atom is -0.496 e. The highest BCUT2D eigenvalue weighted by molar-refractivity contribution is 6.10. The molecular weight excluding hydrogens is 426 g/mol. The fourth-order valence-electron chi connectivity index (χ4n) is 3.00. The topological polar surface area (TPSA) is 124 Å². The van der Waals surface area contributed by atoms with E-state index in [-0.39, 0.29) is 22.7 Å². The maximum absolute atomic E-state index is 12.6. The van der Waals surface area contributed by atoms with E-state index in [0.29, 0.717) is 23.7 Å². The van der Waals surface area contributed by atoms with E-state index in [0.717, 1.165) is 25.7 Å². The summed E-state index contributed by atoms with van der Waals surface area (Å²) >= 11 is 0. The number of nitrogens with one attached hydrogen (secondary N) is 1. The molecule has 0 aliphatic rings. The Balaban J connectivity index is 2.19. The Kier molecular flexibility index (Phi) is 9.71. The molecule has 0 saturated heterocycles. The molecule has 0 aromatic heterocycles. The second kappa shape index (κ2) is 12.7. The van der Waals surface area contributed by atoms with Crippen LogP contribution in [0.2, 0.25) is 0 Å². The van der Waals surface area contributed by atoms with Crippen molar-refractivity contribution in [2.45, 2.75) is 32.6 Å². The smallest absolute Gasteiger partial charge is 0.296 e. The number of carbonyl (C=O) groups is 1. The molecule has 0 bridgehead atoms. The number of amides is 1. The normalized spacial score (nSPS) is 10.8. The summed E-state index contributed by atoms with van der Waals surface area (Å²) in [6.07, 6.45) is 5.70. The van der Waals surface area contributed by atoms with Crippen molar-refractivity contribution in [3.8, 4) is 23.3 Å². The summed E-state index contributed by atoms with van der Waals surface area (Å²) in [5, 5.41) is 23.2. The lowest BCUT2D eigenvalue weighted by Crippen LogP contribution is -2.14. The van der Waals surface area contributed by atoms with Crippen molar-refractivity contribution < 1.29 is 23.9 Å². The number of nitro benzene ring substituents is 1. The van der Waals surface area contributed by atoms with Gasteiger partial charge in [-0.15, -0.1) is 0 Å². The highest BCUT2D eigenvalue weighted by Crippen LogP contribution is 2.31. The van der Waals surface area contributed by atoms with Crippen molar-refractivity contribution in [2.24, 2.45) is 0 Å². The van der Waals surface area contributed by atoms with Gasteiger partial charge in [-0.05, 0) is 42.3 Å². The van der Waals surface area contributed by atoms with Gasteiger partial charge in [0.25, 0.3) is 11.6 Å². The van der Waals surface area contributed by atoms with Gasteiger partial charge in [-0.3, -0.25) is 14.9 Å². The molecule has 2 aromatic carbocycles. The van der Waals surface area contributed by atoms with Crippen LogP contribution in [-0.2, 0) is 4.79 Å². The molecule has 0 radical (unpaired) electrons. The van der Waals surface area contributed by atoms with Crippen LogP contribution in [0.4, 0.5) is 11.4 Å². The minimum atomic E-state index is -0.777. The van der Waals surface area contributed by atoms with Gasteiger partial charge in [0.1, 0.15) is 23.1 Å². The van der Waals surface area contributed by atoms with Gasteiger partial charge in [0.2, 0.25) is 0 Å². The number of hydrogen-bond donors (Lipinski definition) is 1. The van der Waals surface area contributed by atoms with E-state index in [4.69, 9.17) is 14.2 Å². The largest absolute Gasteiger partial charge is 0.496 e. The van der Waals surface area contributed by atoms with Crippen LogP contribution in [0, 0.1) is 21.4 Å². The molecular formula is C24H27N3O6. The van der Waals surface area contributed by atoms with Crippen LogP contribution in [0.15, 0.2) is 42.0 Å². The first kappa shape index (κ1) is 25.2. The van der Waals surface area contributed by atoms with Crippen molar-refractivity contribution >= 4 is 23.4 Å². The van der Waals surface area contributed by atoms with Gasteiger partial charge in [0.05, 0.1) is 31.8 Å². The van der Waals surface area contributed by atoms with Crippen LogP contribution < -0.4 is 19.5 Å². The molecule has 1 N–H and O–H groups in total. The van der Waals surface area contributed by atoms with Crippen LogP contribution >= 0.6 is 0 Å². The fourth-order valence-corrected chi connectivity index (χ4v) is 3.00. The van der Waals surface area contributed by atoms with Gasteiger partial charge in [-0.25, -0.2) is 0 Å². The van der Waals surface area contributed by atoms with Gasteiger partial charge in [0, 0.05) is 0 Å². The van der Waals surface area contributed by atoms with Crippen molar-refractivity contribution in [3.63, 3.8) is 0 Å². The average Bonchev–Trinajstić information content (AvgIpc) is 2.82. The van der Waals surface area contributed by atoms with E-state index in [9.17, 15) is 20.2 Å². The van der Waals surface area contributed by atoms with E-state index in [1.165, 1.54) is 38.5 Å². The summed E-state index contributed by atoms with van der Waals surface area (Å²) in [5.74, 6) is 0.544. The first-order chi connectivity index (χ1) is 15.9. The van der Waals surface area contributed by atoms with Crippen LogP contribution in [0.5, 0.6) is 17.2 Å². The van der Waals surface area contributed by atoms with E-state index < -0.39 is 10.8 Å². The quantitative estimate of drug-likeness (QED) is 0.156. The molecule has 0 spiro atoms. The predicted octanol–water partition coefficient (Wildman–Crippen LogP) is 5.12. The molecule has 2 rings (SSSR count). The zero-order valence-electron chi connectivity index (χ0n) is 18.9. The van der Waals surface area contributed by atoms with E-state index in [1.807, 2.05) is 6.07 Å². The molecule has 0 heterocycles. The third kappa shape index (κ3) is 7.25. The SMILES string of the molecule is CCCCCCOc1ccc(/C=C(\C#N)C(=O)Nc2ccc(OC)cc2[N+](=O)[O-])cc1OC. The Bertz CT molecular complexity index is 1060. The van der Waals surface area contributed by atoms with Crippen molar-refractivity contribution in [3.05, 3.63) is 57.6 Å². The molecule has 0 fully saturated rings. The van der Waals surface area contributed by atoms with E-state index in [1.54, 1.807) is 18.2 Å². The molecule has 9 nitrogen and oxygen atoms in total. The molecule has 0 aliphatic carbocycles. The molecule has 0 unspecified atom stereocenters. The predicted molar refractivity (Wildman–Crippen MR) is 124 cm³/mol. The summed E-state index contributed by atoms with van der Waals surface area (Å²) in [6, 6.07) is 10.9. The van der Waals surface area contributed by atoms with E-state index in [2.05, 4.69) is 12.2 Å². The zero-order valence-corrected chi connectivity index (χ0v) is 18.9. The maximum Gasteiger partial charge on any atom is 0.296 e. The van der Waals surface area contributed by atoms with Crippen LogP contribution in [0.3, 0.4) is 0 Å². The highest BCUT2D eigenvalue weighted by atomic mass is 16.6. The number of benzene rings is 2. The maximum atomic E-state index is 12.6. The molecule has 1 amide bonds. The average molecular weight is 453 g/mol. The number of nitro groups is 1. The Hall–Kier alpha value is -4.06. The van der Waals surface area contributed by atoms with Crippen LogP contribution in [0.1, 0.15) is 38.2 Å². The summed E-state index contributed by atoms with van der Waals surface area (Å²) in [7, 11) is 2.89. The van der Waals surface area contributed by atoms with Crippen LogP contribution in [0.25, 0.3) is 6.08 Å². The Morgan fingerprint density at radius 2 is 1.91 bits per heavy atom. The molecule has 0 atom stereocenters. The molecule has 2 aromatic rings. The number of methoxy groups -OCH3 is 2. The first-order valence-corrected chi connectivity index (χ1v) is 10.5. The molecule has 174 valence electrons. The Labute approximate surface area is 192 Å². The lowest BCUT2D eigenvalue weighted by molar-refractivity contribution is -0.384. The Morgan fingerprint density at radius 1 is 1.12 bits per heavy atom. The zero-order chi connectivity index (χ0) is 24.2. The van der Waals surface area contributed by atoms with Gasteiger partial charge in [-0.1, -0.05) is 32.3 Å². The number of nitrogens with zero attached hydrogens (tertiary/aromatic N) is 2. The van der Waals surface area contributed by atoms with Gasteiger partial charge in [-0.2, -0.15) is 5.26 Å². The standard InChI is InChI=1S/C24H27N3O6/c1-4-5-6-7-12-33-22-11-8-17(14-23(22)32-3)13-18(16-25)24(28)26-20-10-9-19(31-2)15-21(20)27(29)30/h8-11,13-15H,4-7,12H2,1-3H3,(H,26,28)/b18-13+. The lowest BCUT2D eigenvalue weighted by atomic mass is 10.1. The van der Waals surface area contributed by atoms with Crippen LogP contribution in [-0.4, -0.2) is 31.7 Å². The number of carbonyl (C=O) groups excluding carboxylic acids is 1. The number of unbranched alkanes of at least 4 members (excludes halogenated alkanes) is 3. The lowest BCUT2D eigenvalue weighted by Gasteiger charge is -2.11. The number of nitriles is 1. The monoisotopic (exact) mass is 453 g/mol. The van der Waals surface area contributed by atoms with Gasteiger partial charge in [0.15, 0.2) is 11.5 Å². The summed E-state index contributed by atoms with van der Waals surface area (Å²) in [5.41, 5.74) is -0.0741. The number of ether oxygens (including phenoxy) is 3. The number of rotatable bonds is 12. The van der Waals surface area contributed by atoms with E-state index >= 15 is 0 Å². The summed E-state index contributed by atoms with van der Waals surface area (Å²) in [4.78, 5) is 23.3. The molecule has 33 heavy (non-hydrogen) atoms. The fraction of sp³-hybridized carbons (Fsp3) is 0.333. The first-order valence-electron chi connectivity index (χ1n) is 10.5. The number of hydrogen-bond acceptors (Lipinski definition) is 7. The third-order valence-corrected chi connectivity index (χ3v) is 4.77. The Morgan fingerprint density at radius 3 is 2.55 bits per heavy atom. The number of anilines is 1. The molecule has 9 heteroatoms. The summed E-state index contributed by atoms with van der Waals surface area (Å²) in [6.45, 7) is 2.71. The van der Waals surface area contributed by atoms with Gasteiger partial charge >= 0.3 is 0 Å².